The highest BCUT2D eigenvalue weighted by Gasteiger charge is 2.33. The summed E-state index contributed by atoms with van der Waals surface area (Å²) in [4.78, 5) is 15.8. The minimum absolute atomic E-state index is 0.0452. The van der Waals surface area contributed by atoms with Gasteiger partial charge < -0.3 is 10.6 Å². The molecule has 1 heterocycles. The Labute approximate surface area is 137 Å². The van der Waals surface area contributed by atoms with Crippen LogP contribution in [0.3, 0.4) is 0 Å². The Balaban J connectivity index is 1.87. The summed E-state index contributed by atoms with van der Waals surface area (Å²) in [6.07, 6.45) is 2.10. The van der Waals surface area contributed by atoms with Gasteiger partial charge in [0.2, 0.25) is 0 Å². The molecule has 0 spiro atoms. The summed E-state index contributed by atoms with van der Waals surface area (Å²) in [5.74, 6) is -0.0452. The largest absolute Gasteiger partial charge is 0.397 e. The minimum Gasteiger partial charge on any atom is -0.397 e. The number of nitrogens with zero attached hydrogens (tertiary/aromatic N) is 1. The van der Waals surface area contributed by atoms with E-state index in [0.717, 1.165) is 12.8 Å². The van der Waals surface area contributed by atoms with Crippen molar-refractivity contribution in [1.82, 2.24) is 4.90 Å². The van der Waals surface area contributed by atoms with Crippen molar-refractivity contribution in [3.63, 3.8) is 0 Å². The van der Waals surface area contributed by atoms with E-state index < -0.39 is 0 Å². The molecule has 1 aromatic heterocycles. The van der Waals surface area contributed by atoms with E-state index in [9.17, 15) is 4.79 Å². The highest BCUT2D eigenvalue weighted by molar-refractivity contribution is 7.09. The van der Waals surface area contributed by atoms with Crippen LogP contribution in [0.5, 0.6) is 0 Å². The van der Waals surface area contributed by atoms with Gasteiger partial charge in [-0.15, -0.1) is 11.3 Å². The normalized spacial score (nSPS) is 14.2. The first kappa shape index (κ1) is 14.7. The van der Waals surface area contributed by atoms with E-state index in [2.05, 4.69) is 0 Å². The molecule has 1 saturated carbocycles. The zero-order valence-corrected chi connectivity index (χ0v) is 13.5. The van der Waals surface area contributed by atoms with Crippen molar-refractivity contribution >= 4 is 46.1 Å². The lowest BCUT2D eigenvalue weighted by molar-refractivity contribution is 0.0732. The number of hydrogen-bond acceptors (Lipinski definition) is 3. The Morgan fingerprint density at radius 1 is 1.38 bits per heavy atom. The number of rotatable bonds is 4. The third kappa shape index (κ3) is 3.18. The molecule has 0 unspecified atom stereocenters. The fourth-order valence-electron chi connectivity index (χ4n) is 2.22. The quantitative estimate of drug-likeness (QED) is 0.836. The Hall–Kier alpha value is -1.23. The van der Waals surface area contributed by atoms with Crippen molar-refractivity contribution in [3.05, 3.63) is 50.1 Å². The number of nitrogen functional groups attached to an aromatic ring is 1. The summed E-state index contributed by atoms with van der Waals surface area (Å²) in [6.45, 7) is 0.626. The van der Waals surface area contributed by atoms with Gasteiger partial charge in [0.1, 0.15) is 0 Å². The summed E-state index contributed by atoms with van der Waals surface area (Å²) >= 11 is 13.6. The van der Waals surface area contributed by atoms with Gasteiger partial charge in [-0.2, -0.15) is 0 Å². The highest BCUT2D eigenvalue weighted by atomic mass is 35.5. The van der Waals surface area contributed by atoms with Crippen molar-refractivity contribution < 1.29 is 4.79 Å². The van der Waals surface area contributed by atoms with Gasteiger partial charge in [-0.1, -0.05) is 29.3 Å². The van der Waals surface area contributed by atoms with Gasteiger partial charge in [0, 0.05) is 16.5 Å². The Morgan fingerprint density at radius 2 is 2.14 bits per heavy atom. The summed E-state index contributed by atoms with van der Waals surface area (Å²) in [5.41, 5.74) is 6.63. The second-order valence-electron chi connectivity index (χ2n) is 5.10. The number of thiophene rings is 1. The van der Waals surface area contributed by atoms with Crippen molar-refractivity contribution in [2.45, 2.75) is 25.4 Å². The average Bonchev–Trinajstić information content (AvgIpc) is 3.17. The van der Waals surface area contributed by atoms with E-state index in [1.807, 2.05) is 22.4 Å². The molecule has 21 heavy (non-hydrogen) atoms. The van der Waals surface area contributed by atoms with Crippen LogP contribution in [-0.4, -0.2) is 16.8 Å². The molecule has 0 bridgehead atoms. The van der Waals surface area contributed by atoms with Crippen LogP contribution in [-0.2, 0) is 6.54 Å². The molecule has 0 atom stereocenters. The maximum absolute atomic E-state index is 12.7. The number of anilines is 1. The lowest BCUT2D eigenvalue weighted by atomic mass is 10.1. The monoisotopic (exact) mass is 340 g/mol. The van der Waals surface area contributed by atoms with E-state index in [1.54, 1.807) is 23.5 Å². The van der Waals surface area contributed by atoms with Crippen molar-refractivity contribution in [2.75, 3.05) is 5.73 Å². The molecule has 2 aromatic rings. The first-order valence-corrected chi connectivity index (χ1v) is 8.27. The van der Waals surface area contributed by atoms with Gasteiger partial charge in [-0.05, 0) is 36.4 Å². The lowest BCUT2D eigenvalue weighted by Gasteiger charge is -2.22. The molecule has 2 N–H and O–H groups in total. The van der Waals surface area contributed by atoms with Gasteiger partial charge >= 0.3 is 0 Å². The van der Waals surface area contributed by atoms with Gasteiger partial charge in [-0.25, -0.2) is 0 Å². The van der Waals surface area contributed by atoms with Crippen molar-refractivity contribution in [2.24, 2.45) is 0 Å². The molecule has 1 amide bonds. The van der Waals surface area contributed by atoms with Gasteiger partial charge in [-0.3, -0.25) is 4.79 Å². The van der Waals surface area contributed by atoms with E-state index in [1.165, 1.54) is 4.88 Å². The van der Waals surface area contributed by atoms with Crippen LogP contribution >= 0.6 is 34.5 Å². The van der Waals surface area contributed by atoms with E-state index in [4.69, 9.17) is 28.9 Å². The highest BCUT2D eigenvalue weighted by Crippen LogP contribution is 2.33. The topological polar surface area (TPSA) is 46.3 Å². The molecular formula is C15H14Cl2N2OS. The van der Waals surface area contributed by atoms with Crippen LogP contribution < -0.4 is 5.73 Å². The molecule has 1 fully saturated rings. The number of halogens is 2. The van der Waals surface area contributed by atoms with Crippen LogP contribution in [0.1, 0.15) is 28.1 Å². The molecule has 1 aliphatic carbocycles. The van der Waals surface area contributed by atoms with Gasteiger partial charge in [0.15, 0.2) is 0 Å². The molecule has 3 rings (SSSR count). The summed E-state index contributed by atoms with van der Waals surface area (Å²) in [5, 5.41) is 2.62. The van der Waals surface area contributed by atoms with Crippen LogP contribution in [0.15, 0.2) is 29.6 Å². The van der Waals surface area contributed by atoms with E-state index in [0.29, 0.717) is 33.9 Å². The minimum atomic E-state index is -0.0452. The lowest BCUT2D eigenvalue weighted by Crippen LogP contribution is -2.32. The van der Waals surface area contributed by atoms with E-state index >= 15 is 0 Å². The number of amides is 1. The first-order valence-electron chi connectivity index (χ1n) is 6.64. The van der Waals surface area contributed by atoms with Crippen LogP contribution in [0, 0.1) is 0 Å². The number of hydrogen-bond donors (Lipinski definition) is 1. The molecule has 0 radical (unpaired) electrons. The van der Waals surface area contributed by atoms with Crippen molar-refractivity contribution in [3.8, 4) is 0 Å². The molecule has 110 valence electrons. The third-order valence-electron chi connectivity index (χ3n) is 3.46. The van der Waals surface area contributed by atoms with Crippen molar-refractivity contribution in [1.29, 1.82) is 0 Å². The van der Waals surface area contributed by atoms with Crippen LogP contribution in [0.25, 0.3) is 0 Å². The first-order chi connectivity index (χ1) is 10.1. The summed E-state index contributed by atoms with van der Waals surface area (Å²) in [7, 11) is 0. The van der Waals surface area contributed by atoms with Gasteiger partial charge in [0.05, 0.1) is 22.3 Å². The predicted molar refractivity (Wildman–Crippen MR) is 88.1 cm³/mol. The second-order valence-corrected chi connectivity index (χ2v) is 6.92. The molecule has 6 heteroatoms. The molecule has 0 aliphatic heterocycles. The SMILES string of the molecule is Nc1cc(C(=O)N(Cc2cccs2)C2CC2)cc(Cl)c1Cl. The maximum Gasteiger partial charge on any atom is 0.254 e. The molecule has 1 aromatic carbocycles. The maximum atomic E-state index is 12.7. The number of carbonyl (C=O) groups excluding carboxylic acids is 1. The zero-order valence-electron chi connectivity index (χ0n) is 11.2. The second kappa shape index (κ2) is 5.87. The Morgan fingerprint density at radius 3 is 2.71 bits per heavy atom. The summed E-state index contributed by atoms with van der Waals surface area (Å²) < 4.78 is 0. The standard InChI is InChI=1S/C15H14Cl2N2OS/c16-12-6-9(7-13(18)14(12)17)15(20)19(10-3-4-10)8-11-2-1-5-21-11/h1-2,5-7,10H,3-4,8,18H2. The molecule has 1 aliphatic rings. The predicted octanol–water partition coefficient (Wildman–Crippen LogP) is 4.44. The average molecular weight is 341 g/mol. The molecular weight excluding hydrogens is 327 g/mol. The Kier molecular flexibility index (Phi) is 4.11. The van der Waals surface area contributed by atoms with Crippen LogP contribution in [0.4, 0.5) is 5.69 Å². The van der Waals surface area contributed by atoms with E-state index in [-0.39, 0.29) is 5.91 Å². The number of nitrogens with two attached hydrogens (primary N) is 1. The smallest absolute Gasteiger partial charge is 0.254 e. The molecule has 3 nitrogen and oxygen atoms in total. The Bertz CT molecular complexity index is 645. The number of benzene rings is 1. The number of carbonyl (C=O) groups is 1. The van der Waals surface area contributed by atoms with Crippen LogP contribution in [0.2, 0.25) is 10.0 Å². The fourth-order valence-corrected chi connectivity index (χ4v) is 3.26. The molecule has 0 saturated heterocycles. The third-order valence-corrected chi connectivity index (χ3v) is 5.14. The zero-order chi connectivity index (χ0) is 15.0. The fraction of sp³-hybridized carbons (Fsp3) is 0.267. The van der Waals surface area contributed by atoms with Gasteiger partial charge in [0.25, 0.3) is 5.91 Å². The summed E-state index contributed by atoms with van der Waals surface area (Å²) in [6, 6.07) is 7.53.